The van der Waals surface area contributed by atoms with Gasteiger partial charge in [0.1, 0.15) is 17.7 Å². The second-order valence-corrected chi connectivity index (χ2v) is 6.98. The largest absolute Gasteiger partial charge is 0.346 e. The third kappa shape index (κ3) is 4.06. The molecule has 3 nitrogen and oxygen atoms in total. The van der Waals surface area contributed by atoms with E-state index in [1.54, 1.807) is 17.8 Å². The van der Waals surface area contributed by atoms with E-state index in [0.717, 1.165) is 33.8 Å². The molecule has 0 fully saturated rings. The molecule has 25 heavy (non-hydrogen) atoms. The van der Waals surface area contributed by atoms with E-state index in [2.05, 4.69) is 10.6 Å². The first kappa shape index (κ1) is 17.2. The van der Waals surface area contributed by atoms with Gasteiger partial charge in [0, 0.05) is 44.9 Å². The number of allylic oxidation sites excluding steroid dienone is 1. The van der Waals surface area contributed by atoms with Gasteiger partial charge in [0.15, 0.2) is 0 Å². The number of aryl methyl sites for hydroxylation is 1. The number of fused-ring (bicyclic) bond motifs is 1. The zero-order chi connectivity index (χ0) is 17.6. The molecule has 0 unspecified atom stereocenters. The van der Waals surface area contributed by atoms with Gasteiger partial charge in [-0.3, -0.25) is 0 Å². The number of halogens is 1. The highest BCUT2D eigenvalue weighted by Crippen LogP contribution is 2.25. The van der Waals surface area contributed by atoms with Crippen molar-refractivity contribution in [3.63, 3.8) is 0 Å². The number of benzene rings is 2. The molecule has 0 saturated carbocycles. The molecule has 3 rings (SSSR count). The standard InChI is InChI=1S/C20H14ClN3S/c21-17-5-7-18(8-6-17)25-10-9-24-14-16(11-15(12-22)13-23)19-3-1-2-4-20(19)24/h1-8,11,14H,9-10H2. The van der Waals surface area contributed by atoms with Crippen molar-refractivity contribution in [1.29, 1.82) is 10.5 Å². The minimum atomic E-state index is 0.110. The van der Waals surface area contributed by atoms with Crippen LogP contribution < -0.4 is 0 Å². The Morgan fingerprint density at radius 2 is 1.80 bits per heavy atom. The van der Waals surface area contributed by atoms with E-state index < -0.39 is 0 Å². The summed E-state index contributed by atoms with van der Waals surface area (Å²) in [6, 6.07) is 19.7. The first-order valence-electron chi connectivity index (χ1n) is 7.69. The third-order valence-electron chi connectivity index (χ3n) is 3.77. The highest BCUT2D eigenvalue weighted by Gasteiger charge is 2.07. The molecule has 0 bridgehead atoms. The summed E-state index contributed by atoms with van der Waals surface area (Å²) in [4.78, 5) is 1.18. The normalized spacial score (nSPS) is 10.2. The topological polar surface area (TPSA) is 52.5 Å². The molecule has 0 atom stereocenters. The Kier molecular flexibility index (Phi) is 5.46. The number of nitriles is 2. The zero-order valence-electron chi connectivity index (χ0n) is 13.3. The van der Waals surface area contributed by atoms with Gasteiger partial charge in [-0.1, -0.05) is 29.8 Å². The molecular weight excluding hydrogens is 350 g/mol. The molecule has 1 aromatic heterocycles. The minimum absolute atomic E-state index is 0.110. The maximum atomic E-state index is 8.99. The van der Waals surface area contributed by atoms with Gasteiger partial charge < -0.3 is 4.57 Å². The van der Waals surface area contributed by atoms with E-state index in [1.807, 2.05) is 60.8 Å². The molecule has 2 aromatic carbocycles. The number of para-hydroxylation sites is 1. The van der Waals surface area contributed by atoms with Gasteiger partial charge in [-0.15, -0.1) is 11.8 Å². The Hall–Kier alpha value is -2.66. The van der Waals surface area contributed by atoms with Crippen LogP contribution in [-0.4, -0.2) is 10.3 Å². The first-order valence-corrected chi connectivity index (χ1v) is 9.06. The second kappa shape index (κ2) is 7.94. The van der Waals surface area contributed by atoms with Gasteiger partial charge in [0.2, 0.25) is 0 Å². The molecule has 0 radical (unpaired) electrons. The lowest BCUT2D eigenvalue weighted by atomic mass is 10.1. The zero-order valence-corrected chi connectivity index (χ0v) is 14.9. The fraction of sp³-hybridized carbons (Fsp3) is 0.100. The molecule has 5 heteroatoms. The summed E-state index contributed by atoms with van der Waals surface area (Å²) in [6.07, 6.45) is 3.65. The molecular formula is C20H14ClN3S. The van der Waals surface area contributed by atoms with Crippen molar-refractivity contribution in [3.05, 3.63) is 70.9 Å². The average molecular weight is 364 g/mol. The van der Waals surface area contributed by atoms with Crippen LogP contribution in [0.25, 0.3) is 17.0 Å². The minimum Gasteiger partial charge on any atom is -0.346 e. The number of hydrogen-bond donors (Lipinski definition) is 0. The summed E-state index contributed by atoms with van der Waals surface area (Å²) in [7, 11) is 0. The van der Waals surface area contributed by atoms with Gasteiger partial charge in [-0.05, 0) is 36.4 Å². The van der Waals surface area contributed by atoms with Crippen molar-refractivity contribution >= 4 is 40.3 Å². The quantitative estimate of drug-likeness (QED) is 0.443. The molecule has 0 spiro atoms. The van der Waals surface area contributed by atoms with E-state index >= 15 is 0 Å². The lowest BCUT2D eigenvalue weighted by Crippen LogP contribution is -1.98. The van der Waals surface area contributed by atoms with Crippen LogP contribution in [0.4, 0.5) is 0 Å². The summed E-state index contributed by atoms with van der Waals surface area (Å²) in [5, 5.41) is 19.8. The van der Waals surface area contributed by atoms with Gasteiger partial charge in [0.05, 0.1) is 0 Å². The van der Waals surface area contributed by atoms with Crippen molar-refractivity contribution in [2.75, 3.05) is 5.75 Å². The summed E-state index contributed by atoms with van der Waals surface area (Å²) < 4.78 is 2.16. The maximum Gasteiger partial charge on any atom is 0.130 e. The van der Waals surface area contributed by atoms with Gasteiger partial charge >= 0.3 is 0 Å². The predicted molar refractivity (Wildman–Crippen MR) is 103 cm³/mol. The summed E-state index contributed by atoms with van der Waals surface area (Å²) in [5.74, 6) is 0.910. The van der Waals surface area contributed by atoms with E-state index in [4.69, 9.17) is 22.1 Å². The molecule has 0 N–H and O–H groups in total. The maximum absolute atomic E-state index is 8.99. The highest BCUT2D eigenvalue weighted by molar-refractivity contribution is 7.99. The molecule has 3 aromatic rings. The monoisotopic (exact) mass is 363 g/mol. The SMILES string of the molecule is N#CC(C#N)=Cc1cn(CCSc2ccc(Cl)cc2)c2ccccc12. The molecule has 0 aliphatic carbocycles. The lowest BCUT2D eigenvalue weighted by Gasteiger charge is -2.05. The van der Waals surface area contributed by atoms with E-state index in [-0.39, 0.29) is 5.57 Å². The Labute approximate surface area is 155 Å². The van der Waals surface area contributed by atoms with Crippen molar-refractivity contribution in [3.8, 4) is 12.1 Å². The van der Waals surface area contributed by atoms with Crippen LogP contribution in [0.2, 0.25) is 5.02 Å². The third-order valence-corrected chi connectivity index (χ3v) is 5.02. The van der Waals surface area contributed by atoms with Crippen molar-refractivity contribution in [2.45, 2.75) is 11.4 Å². The molecule has 0 amide bonds. The van der Waals surface area contributed by atoms with E-state index in [9.17, 15) is 0 Å². The Balaban J connectivity index is 1.82. The van der Waals surface area contributed by atoms with Crippen LogP contribution in [0.15, 0.2) is 65.2 Å². The number of nitrogens with zero attached hydrogens (tertiary/aromatic N) is 3. The van der Waals surface area contributed by atoms with Crippen LogP contribution >= 0.6 is 23.4 Å². The Morgan fingerprint density at radius 3 is 2.52 bits per heavy atom. The number of thioether (sulfide) groups is 1. The first-order chi connectivity index (χ1) is 12.2. The summed E-state index contributed by atoms with van der Waals surface area (Å²) in [5.41, 5.74) is 2.10. The van der Waals surface area contributed by atoms with Crippen LogP contribution in [0.5, 0.6) is 0 Å². The Morgan fingerprint density at radius 1 is 1.08 bits per heavy atom. The van der Waals surface area contributed by atoms with Crippen LogP contribution in [0.1, 0.15) is 5.56 Å². The highest BCUT2D eigenvalue weighted by atomic mass is 35.5. The molecule has 0 aliphatic heterocycles. The van der Waals surface area contributed by atoms with Crippen LogP contribution in [-0.2, 0) is 6.54 Å². The average Bonchev–Trinajstić information content (AvgIpc) is 2.99. The van der Waals surface area contributed by atoms with Crippen molar-refractivity contribution in [1.82, 2.24) is 4.57 Å². The van der Waals surface area contributed by atoms with E-state index in [0.29, 0.717) is 0 Å². The predicted octanol–water partition coefficient (Wildman–Crippen LogP) is 5.52. The van der Waals surface area contributed by atoms with Crippen molar-refractivity contribution < 1.29 is 0 Å². The summed E-state index contributed by atoms with van der Waals surface area (Å²) in [6.45, 7) is 0.829. The fourth-order valence-corrected chi connectivity index (χ4v) is 3.59. The van der Waals surface area contributed by atoms with E-state index in [1.165, 1.54) is 4.90 Å². The van der Waals surface area contributed by atoms with Gasteiger partial charge in [0.25, 0.3) is 0 Å². The molecule has 122 valence electrons. The fourth-order valence-electron chi connectivity index (χ4n) is 2.61. The van der Waals surface area contributed by atoms with Crippen LogP contribution in [0, 0.1) is 22.7 Å². The Bertz CT molecular complexity index is 988. The molecule has 1 heterocycles. The van der Waals surface area contributed by atoms with Gasteiger partial charge in [-0.25, -0.2) is 0 Å². The smallest absolute Gasteiger partial charge is 0.130 e. The number of rotatable bonds is 5. The molecule has 0 saturated heterocycles. The summed E-state index contributed by atoms with van der Waals surface area (Å²) >= 11 is 7.68. The number of aromatic nitrogens is 1. The molecule has 0 aliphatic rings. The lowest BCUT2D eigenvalue weighted by molar-refractivity contribution is 0.807. The van der Waals surface area contributed by atoms with Gasteiger partial charge in [-0.2, -0.15) is 10.5 Å². The van der Waals surface area contributed by atoms with Crippen molar-refractivity contribution in [2.24, 2.45) is 0 Å². The second-order valence-electron chi connectivity index (χ2n) is 5.38. The number of hydrogen-bond acceptors (Lipinski definition) is 3. The van der Waals surface area contributed by atoms with Crippen LogP contribution in [0.3, 0.4) is 0 Å².